The molecule has 0 aliphatic rings. The molecule has 120 valence electrons. The summed E-state index contributed by atoms with van der Waals surface area (Å²) in [7, 11) is 1.50. The number of ether oxygens (including phenoxy) is 2. The van der Waals surface area contributed by atoms with E-state index in [2.05, 4.69) is 6.07 Å². The van der Waals surface area contributed by atoms with Gasteiger partial charge in [0.2, 0.25) is 0 Å². The van der Waals surface area contributed by atoms with Gasteiger partial charge < -0.3 is 9.47 Å². The number of halogens is 2. The quantitative estimate of drug-likeness (QED) is 0.559. The number of hydrogen-bond acceptors (Lipinski definition) is 4. The van der Waals surface area contributed by atoms with Crippen molar-refractivity contribution in [3.63, 3.8) is 0 Å². The molecule has 0 aromatic heterocycles. The van der Waals surface area contributed by atoms with Gasteiger partial charge in [-0.15, -0.1) is 0 Å². The minimum absolute atomic E-state index is 0.0740. The fourth-order valence-electron chi connectivity index (χ4n) is 2.05. The van der Waals surface area contributed by atoms with E-state index in [1.54, 1.807) is 42.5 Å². The monoisotopic (exact) mass is 358 g/mol. The van der Waals surface area contributed by atoms with Crippen LogP contribution in [0.1, 0.15) is 11.1 Å². The summed E-state index contributed by atoms with van der Waals surface area (Å²) >= 11 is 12.0. The van der Waals surface area contributed by atoms with E-state index < -0.39 is 0 Å². The van der Waals surface area contributed by atoms with Gasteiger partial charge in [0.15, 0.2) is 18.1 Å². The molecule has 0 amide bonds. The van der Waals surface area contributed by atoms with Crippen LogP contribution in [0.4, 0.5) is 0 Å². The number of allylic oxidation sites excluding steroid dienone is 1. The molecule has 24 heavy (non-hydrogen) atoms. The zero-order chi connectivity index (χ0) is 17.5. The molecule has 4 nitrogen and oxygen atoms in total. The van der Waals surface area contributed by atoms with Crippen LogP contribution in [0.2, 0.25) is 10.0 Å². The van der Waals surface area contributed by atoms with Crippen molar-refractivity contribution in [1.82, 2.24) is 0 Å². The molecule has 0 saturated carbocycles. The summed E-state index contributed by atoms with van der Waals surface area (Å²) in [6, 6.07) is 14.1. The van der Waals surface area contributed by atoms with Crippen molar-refractivity contribution in [2.45, 2.75) is 0 Å². The standard InChI is InChI=1S/C18H12Cl2N2O2/c1-23-18-9-12(2-5-17(18)24-7-6-21)8-13(11-22)15-4-3-14(19)10-16(15)20/h2-5,8-10H,7H2,1H3. The first-order valence-electron chi connectivity index (χ1n) is 6.84. The highest BCUT2D eigenvalue weighted by atomic mass is 35.5. The molecule has 0 radical (unpaired) electrons. The van der Waals surface area contributed by atoms with Crippen LogP contribution in [0.3, 0.4) is 0 Å². The first-order chi connectivity index (χ1) is 11.6. The van der Waals surface area contributed by atoms with Gasteiger partial charge in [0.05, 0.1) is 23.8 Å². The summed E-state index contributed by atoms with van der Waals surface area (Å²) in [5.41, 5.74) is 1.72. The van der Waals surface area contributed by atoms with Gasteiger partial charge in [0, 0.05) is 10.6 Å². The molecule has 6 heteroatoms. The highest BCUT2D eigenvalue weighted by molar-refractivity contribution is 6.36. The number of hydrogen-bond donors (Lipinski definition) is 0. The number of methoxy groups -OCH3 is 1. The summed E-state index contributed by atoms with van der Waals surface area (Å²) < 4.78 is 10.5. The minimum Gasteiger partial charge on any atom is -0.493 e. The molecule has 0 N–H and O–H groups in total. The van der Waals surface area contributed by atoms with E-state index >= 15 is 0 Å². The van der Waals surface area contributed by atoms with Crippen LogP contribution >= 0.6 is 23.2 Å². The third-order valence-corrected chi connectivity index (χ3v) is 3.68. The normalized spacial score (nSPS) is 10.6. The Morgan fingerprint density at radius 2 is 1.92 bits per heavy atom. The molecule has 0 unspecified atom stereocenters. The molecule has 0 fully saturated rings. The Balaban J connectivity index is 2.41. The van der Waals surface area contributed by atoms with E-state index in [1.165, 1.54) is 7.11 Å². The first-order valence-corrected chi connectivity index (χ1v) is 7.59. The lowest BCUT2D eigenvalue weighted by Crippen LogP contribution is -1.96. The molecule has 0 heterocycles. The van der Waals surface area contributed by atoms with Gasteiger partial charge in [-0.1, -0.05) is 35.3 Å². The van der Waals surface area contributed by atoms with Gasteiger partial charge in [-0.2, -0.15) is 10.5 Å². The molecule has 0 saturated heterocycles. The lowest BCUT2D eigenvalue weighted by Gasteiger charge is -2.09. The Bertz CT molecular complexity index is 864. The van der Waals surface area contributed by atoms with Crippen molar-refractivity contribution in [2.75, 3.05) is 13.7 Å². The Kier molecular flexibility index (Phi) is 6.09. The molecule has 2 aromatic rings. The van der Waals surface area contributed by atoms with Crippen LogP contribution in [0.5, 0.6) is 11.5 Å². The number of rotatable bonds is 5. The van der Waals surface area contributed by atoms with Gasteiger partial charge in [-0.05, 0) is 35.9 Å². The van der Waals surface area contributed by atoms with Gasteiger partial charge in [-0.25, -0.2) is 0 Å². The number of nitriles is 2. The van der Waals surface area contributed by atoms with E-state index in [-0.39, 0.29) is 6.61 Å². The lowest BCUT2D eigenvalue weighted by molar-refractivity contribution is 0.329. The Labute approximate surface area is 150 Å². The summed E-state index contributed by atoms with van der Waals surface area (Å²) in [6.45, 7) is -0.0740. The predicted molar refractivity (Wildman–Crippen MR) is 94.0 cm³/mol. The van der Waals surface area contributed by atoms with E-state index in [9.17, 15) is 5.26 Å². The molecular formula is C18H12Cl2N2O2. The van der Waals surface area contributed by atoms with Gasteiger partial charge in [0.25, 0.3) is 0 Å². The van der Waals surface area contributed by atoms with Crippen molar-refractivity contribution in [1.29, 1.82) is 10.5 Å². The second-order valence-electron chi connectivity index (χ2n) is 4.65. The Morgan fingerprint density at radius 1 is 1.12 bits per heavy atom. The fraction of sp³-hybridized carbons (Fsp3) is 0.111. The Hall–Kier alpha value is -2.66. The smallest absolute Gasteiger partial charge is 0.174 e. The number of benzene rings is 2. The first kappa shape index (κ1) is 17.7. The molecule has 0 aliphatic heterocycles. The highest BCUT2D eigenvalue weighted by Crippen LogP contribution is 2.31. The van der Waals surface area contributed by atoms with Crippen LogP contribution in [-0.2, 0) is 0 Å². The number of nitrogens with zero attached hydrogens (tertiary/aromatic N) is 2. The maximum Gasteiger partial charge on any atom is 0.174 e. The van der Waals surface area contributed by atoms with Crippen LogP contribution in [-0.4, -0.2) is 13.7 Å². The second kappa shape index (κ2) is 8.26. The average Bonchev–Trinajstić information content (AvgIpc) is 2.58. The summed E-state index contributed by atoms with van der Waals surface area (Å²) in [4.78, 5) is 0. The average molecular weight is 359 g/mol. The predicted octanol–water partition coefficient (Wildman–Crippen LogP) is 4.97. The summed E-state index contributed by atoms with van der Waals surface area (Å²) in [5, 5.41) is 18.9. The van der Waals surface area contributed by atoms with Gasteiger partial charge in [0.1, 0.15) is 6.07 Å². The molecule has 2 rings (SSSR count). The van der Waals surface area contributed by atoms with Crippen molar-refractivity contribution in [2.24, 2.45) is 0 Å². The minimum atomic E-state index is -0.0740. The van der Waals surface area contributed by atoms with Crippen LogP contribution < -0.4 is 9.47 Å². The third-order valence-electron chi connectivity index (χ3n) is 3.13. The van der Waals surface area contributed by atoms with Crippen LogP contribution in [0.15, 0.2) is 36.4 Å². The van der Waals surface area contributed by atoms with E-state index in [0.29, 0.717) is 32.7 Å². The summed E-state index contributed by atoms with van der Waals surface area (Å²) in [6.07, 6.45) is 1.69. The molecule has 0 bridgehead atoms. The molecule has 0 aliphatic carbocycles. The van der Waals surface area contributed by atoms with Crippen molar-refractivity contribution < 1.29 is 9.47 Å². The topological polar surface area (TPSA) is 66.0 Å². The van der Waals surface area contributed by atoms with E-state index in [4.69, 9.17) is 37.9 Å². The molecule has 0 atom stereocenters. The zero-order valence-corrected chi connectivity index (χ0v) is 14.2. The molecular weight excluding hydrogens is 347 g/mol. The van der Waals surface area contributed by atoms with Gasteiger partial charge >= 0.3 is 0 Å². The largest absolute Gasteiger partial charge is 0.493 e. The molecule has 0 spiro atoms. The summed E-state index contributed by atoms with van der Waals surface area (Å²) in [5.74, 6) is 0.928. The van der Waals surface area contributed by atoms with Crippen molar-refractivity contribution >= 4 is 34.9 Å². The van der Waals surface area contributed by atoms with Crippen molar-refractivity contribution in [3.05, 3.63) is 57.6 Å². The SMILES string of the molecule is COc1cc(C=C(C#N)c2ccc(Cl)cc2Cl)ccc1OCC#N. The highest BCUT2D eigenvalue weighted by Gasteiger charge is 2.09. The third kappa shape index (κ3) is 4.20. The zero-order valence-electron chi connectivity index (χ0n) is 12.7. The second-order valence-corrected chi connectivity index (χ2v) is 5.49. The van der Waals surface area contributed by atoms with Gasteiger partial charge in [-0.3, -0.25) is 0 Å². The Morgan fingerprint density at radius 3 is 2.54 bits per heavy atom. The van der Waals surface area contributed by atoms with Crippen LogP contribution in [0.25, 0.3) is 11.6 Å². The maximum absolute atomic E-state index is 9.43. The maximum atomic E-state index is 9.43. The lowest BCUT2D eigenvalue weighted by atomic mass is 10.0. The fourth-order valence-corrected chi connectivity index (χ4v) is 2.56. The van der Waals surface area contributed by atoms with Crippen LogP contribution in [0, 0.1) is 22.7 Å². The van der Waals surface area contributed by atoms with E-state index in [0.717, 1.165) is 5.56 Å². The van der Waals surface area contributed by atoms with Crippen molar-refractivity contribution in [3.8, 4) is 23.6 Å². The van der Waals surface area contributed by atoms with E-state index in [1.807, 2.05) is 6.07 Å². The molecule has 2 aromatic carbocycles.